The molecule has 0 heterocycles. The van der Waals surface area contributed by atoms with Gasteiger partial charge in [-0.3, -0.25) is 0 Å². The number of phenolic OH excluding ortho intramolecular Hbond substituents is 1. The van der Waals surface area contributed by atoms with Gasteiger partial charge in [-0.1, -0.05) is 6.92 Å². The Morgan fingerprint density at radius 3 is 2.18 bits per heavy atom. The molecular formula is C14H23NO2. The molecule has 0 spiro atoms. The van der Waals surface area contributed by atoms with E-state index in [1.165, 1.54) is 5.56 Å². The van der Waals surface area contributed by atoms with E-state index in [-0.39, 0.29) is 12.5 Å². The summed E-state index contributed by atoms with van der Waals surface area (Å²) in [6.07, 6.45) is 0.874. The largest absolute Gasteiger partial charge is 0.508 e. The molecule has 0 amide bonds. The van der Waals surface area contributed by atoms with Gasteiger partial charge in [0.25, 0.3) is 0 Å². The highest BCUT2D eigenvalue weighted by Gasteiger charge is 2.16. The van der Waals surface area contributed by atoms with Crippen molar-refractivity contribution in [2.45, 2.75) is 33.1 Å². The highest BCUT2D eigenvalue weighted by molar-refractivity contribution is 5.42. The van der Waals surface area contributed by atoms with Gasteiger partial charge in [0.2, 0.25) is 0 Å². The summed E-state index contributed by atoms with van der Waals surface area (Å²) in [5, 5.41) is 18.7. The molecular weight excluding hydrogens is 214 g/mol. The van der Waals surface area contributed by atoms with Crippen molar-refractivity contribution in [2.75, 3.05) is 13.2 Å². The smallest absolute Gasteiger partial charge is 0.116 e. The van der Waals surface area contributed by atoms with E-state index in [0.717, 1.165) is 17.5 Å². The number of rotatable bonds is 5. The van der Waals surface area contributed by atoms with Crippen LogP contribution in [0, 0.1) is 19.8 Å². The molecule has 2 unspecified atom stereocenters. The van der Waals surface area contributed by atoms with Crippen LogP contribution < -0.4 is 5.73 Å². The first-order chi connectivity index (χ1) is 7.99. The number of aliphatic hydroxyl groups is 1. The minimum absolute atomic E-state index is 0.136. The summed E-state index contributed by atoms with van der Waals surface area (Å²) in [6, 6.07) is 3.57. The predicted molar refractivity (Wildman–Crippen MR) is 70.2 cm³/mol. The lowest BCUT2D eigenvalue weighted by molar-refractivity contribution is 0.217. The van der Waals surface area contributed by atoms with Gasteiger partial charge in [0, 0.05) is 6.61 Å². The van der Waals surface area contributed by atoms with Gasteiger partial charge in [-0.25, -0.2) is 0 Å². The standard InChI is InChI=1S/C14H23NO2/c1-9(4-12(7-15)8-16)14-10(2)5-13(17)6-11(14)3/h5-6,9,12,16-17H,4,7-8,15H2,1-3H3. The lowest BCUT2D eigenvalue weighted by Crippen LogP contribution is -2.20. The van der Waals surface area contributed by atoms with E-state index >= 15 is 0 Å². The molecule has 0 fully saturated rings. The van der Waals surface area contributed by atoms with Crippen LogP contribution in [0.3, 0.4) is 0 Å². The summed E-state index contributed by atoms with van der Waals surface area (Å²) in [4.78, 5) is 0. The molecule has 0 saturated carbocycles. The second-order valence-corrected chi connectivity index (χ2v) is 4.91. The Labute approximate surface area is 103 Å². The number of aliphatic hydroxyl groups excluding tert-OH is 1. The van der Waals surface area contributed by atoms with Crippen molar-refractivity contribution in [1.29, 1.82) is 0 Å². The van der Waals surface area contributed by atoms with Crippen molar-refractivity contribution in [1.82, 2.24) is 0 Å². The first kappa shape index (κ1) is 14.0. The van der Waals surface area contributed by atoms with Crippen LogP contribution >= 0.6 is 0 Å². The normalized spacial score (nSPS) is 14.6. The Balaban J connectivity index is 2.92. The SMILES string of the molecule is Cc1cc(O)cc(C)c1C(C)CC(CN)CO. The third kappa shape index (κ3) is 3.45. The number of aryl methyl sites for hydroxylation is 2. The van der Waals surface area contributed by atoms with Crippen molar-refractivity contribution >= 4 is 0 Å². The maximum atomic E-state index is 9.51. The van der Waals surface area contributed by atoms with Crippen LogP contribution in [0.25, 0.3) is 0 Å². The summed E-state index contributed by atoms with van der Waals surface area (Å²) < 4.78 is 0. The fourth-order valence-corrected chi connectivity index (χ4v) is 2.59. The Morgan fingerprint density at radius 2 is 1.76 bits per heavy atom. The van der Waals surface area contributed by atoms with E-state index in [9.17, 15) is 10.2 Å². The highest BCUT2D eigenvalue weighted by Crippen LogP contribution is 2.31. The summed E-state index contributed by atoms with van der Waals surface area (Å²) in [5.41, 5.74) is 9.07. The van der Waals surface area contributed by atoms with Gasteiger partial charge < -0.3 is 15.9 Å². The summed E-state index contributed by atoms with van der Waals surface area (Å²) in [5.74, 6) is 0.808. The third-order valence-electron chi connectivity index (χ3n) is 3.35. The van der Waals surface area contributed by atoms with Crippen molar-refractivity contribution < 1.29 is 10.2 Å². The lowest BCUT2D eigenvalue weighted by atomic mass is 9.85. The molecule has 0 bridgehead atoms. The monoisotopic (exact) mass is 237 g/mol. The number of hydrogen-bond donors (Lipinski definition) is 3. The zero-order valence-corrected chi connectivity index (χ0v) is 10.9. The van der Waals surface area contributed by atoms with Crippen LogP contribution in [-0.2, 0) is 0 Å². The topological polar surface area (TPSA) is 66.5 Å². The zero-order chi connectivity index (χ0) is 13.0. The van der Waals surface area contributed by atoms with Gasteiger partial charge in [-0.2, -0.15) is 0 Å². The van der Waals surface area contributed by atoms with Gasteiger partial charge >= 0.3 is 0 Å². The molecule has 0 aliphatic rings. The molecule has 0 aliphatic heterocycles. The van der Waals surface area contributed by atoms with Gasteiger partial charge in [-0.05, 0) is 67.5 Å². The summed E-state index contributed by atoms with van der Waals surface area (Å²) >= 11 is 0. The van der Waals surface area contributed by atoms with Gasteiger partial charge in [0.15, 0.2) is 0 Å². The molecule has 3 heteroatoms. The molecule has 1 aromatic rings. The van der Waals surface area contributed by atoms with Crippen LogP contribution in [0.4, 0.5) is 0 Å². The molecule has 96 valence electrons. The minimum atomic E-state index is 0.136. The quantitative estimate of drug-likeness (QED) is 0.734. The highest BCUT2D eigenvalue weighted by atomic mass is 16.3. The van der Waals surface area contributed by atoms with Crippen molar-refractivity contribution in [3.63, 3.8) is 0 Å². The molecule has 0 radical (unpaired) electrons. The van der Waals surface area contributed by atoms with Crippen LogP contribution in [0.15, 0.2) is 12.1 Å². The van der Waals surface area contributed by atoms with E-state index in [1.807, 2.05) is 13.8 Å². The van der Waals surface area contributed by atoms with Crippen LogP contribution in [0.2, 0.25) is 0 Å². The molecule has 0 aliphatic carbocycles. The van der Waals surface area contributed by atoms with Crippen LogP contribution in [0.1, 0.15) is 36.0 Å². The zero-order valence-electron chi connectivity index (χ0n) is 10.9. The molecule has 1 rings (SSSR count). The molecule has 3 nitrogen and oxygen atoms in total. The lowest BCUT2D eigenvalue weighted by Gasteiger charge is -2.21. The van der Waals surface area contributed by atoms with Gasteiger partial charge in [-0.15, -0.1) is 0 Å². The Bertz CT molecular complexity index is 349. The van der Waals surface area contributed by atoms with E-state index < -0.39 is 0 Å². The number of aromatic hydroxyl groups is 1. The number of hydrogen-bond acceptors (Lipinski definition) is 3. The van der Waals surface area contributed by atoms with Gasteiger partial charge in [0.1, 0.15) is 5.75 Å². The average molecular weight is 237 g/mol. The summed E-state index contributed by atoms with van der Waals surface area (Å²) in [6.45, 7) is 6.81. The second-order valence-electron chi connectivity index (χ2n) is 4.91. The van der Waals surface area contributed by atoms with Gasteiger partial charge in [0.05, 0.1) is 0 Å². The number of nitrogens with two attached hydrogens (primary N) is 1. The Morgan fingerprint density at radius 1 is 1.24 bits per heavy atom. The maximum Gasteiger partial charge on any atom is 0.116 e. The molecule has 0 aromatic heterocycles. The van der Waals surface area contributed by atoms with E-state index in [4.69, 9.17) is 5.73 Å². The molecule has 17 heavy (non-hydrogen) atoms. The van der Waals surface area contributed by atoms with Crippen molar-refractivity contribution in [3.8, 4) is 5.75 Å². The minimum Gasteiger partial charge on any atom is -0.508 e. The first-order valence-electron chi connectivity index (χ1n) is 6.10. The fourth-order valence-electron chi connectivity index (χ4n) is 2.59. The van der Waals surface area contributed by atoms with E-state index in [0.29, 0.717) is 18.2 Å². The van der Waals surface area contributed by atoms with Crippen molar-refractivity contribution in [3.05, 3.63) is 28.8 Å². The summed E-state index contributed by atoms with van der Waals surface area (Å²) in [7, 11) is 0. The molecule has 2 atom stereocenters. The van der Waals surface area contributed by atoms with E-state index in [1.54, 1.807) is 12.1 Å². The molecule has 4 N–H and O–H groups in total. The number of phenols is 1. The average Bonchev–Trinajstić information content (AvgIpc) is 2.24. The molecule has 1 aromatic carbocycles. The second kappa shape index (κ2) is 6.03. The Hall–Kier alpha value is -1.06. The molecule has 0 saturated heterocycles. The first-order valence-corrected chi connectivity index (χ1v) is 6.10. The maximum absolute atomic E-state index is 9.51. The predicted octanol–water partition coefficient (Wildman–Crippen LogP) is 2.07. The Kier molecular flexibility index (Phi) is 4.97. The fraction of sp³-hybridized carbons (Fsp3) is 0.571. The van der Waals surface area contributed by atoms with Crippen molar-refractivity contribution in [2.24, 2.45) is 11.7 Å². The van der Waals surface area contributed by atoms with Crippen LogP contribution in [0.5, 0.6) is 5.75 Å². The van der Waals surface area contributed by atoms with Crippen LogP contribution in [-0.4, -0.2) is 23.4 Å². The van der Waals surface area contributed by atoms with E-state index in [2.05, 4.69) is 6.92 Å². The third-order valence-corrected chi connectivity index (χ3v) is 3.35. The number of benzene rings is 1.